The first-order valence-electron chi connectivity index (χ1n) is 7.94. The van der Waals surface area contributed by atoms with Gasteiger partial charge in [0.05, 0.1) is 6.61 Å². The van der Waals surface area contributed by atoms with Crippen LogP contribution in [0.2, 0.25) is 0 Å². The molecule has 0 atom stereocenters. The lowest BCUT2D eigenvalue weighted by atomic mass is 9.69. The maximum Gasteiger partial charge on any atom is 0.0613 e. The van der Waals surface area contributed by atoms with Gasteiger partial charge in [-0.25, -0.2) is 0 Å². The minimum atomic E-state index is 0.0323. The number of aliphatic hydroxyl groups excluding tert-OH is 1. The van der Waals surface area contributed by atoms with Crippen molar-refractivity contribution in [3.63, 3.8) is 0 Å². The third kappa shape index (κ3) is 3.71. The highest BCUT2D eigenvalue weighted by Crippen LogP contribution is 2.40. The predicted molar refractivity (Wildman–Crippen MR) is 76.7 cm³/mol. The molecule has 0 aromatic rings. The predicted octanol–water partition coefficient (Wildman–Crippen LogP) is 3.63. The standard InChI is InChI=1S/C16H31NO/c1-15(2)9-11-16(13-18,12-10-15)17-14-7-5-3-4-6-8-14/h14,17-18H,3-13H2,1-2H3. The summed E-state index contributed by atoms with van der Waals surface area (Å²) in [5, 5.41) is 13.7. The van der Waals surface area contributed by atoms with Crippen molar-refractivity contribution >= 4 is 0 Å². The smallest absolute Gasteiger partial charge is 0.0613 e. The van der Waals surface area contributed by atoms with Gasteiger partial charge >= 0.3 is 0 Å². The molecule has 0 unspecified atom stereocenters. The van der Waals surface area contributed by atoms with E-state index in [1.54, 1.807) is 0 Å². The zero-order valence-corrected chi connectivity index (χ0v) is 12.3. The van der Waals surface area contributed by atoms with Crippen LogP contribution in [-0.2, 0) is 0 Å². The van der Waals surface area contributed by atoms with E-state index in [9.17, 15) is 5.11 Å². The molecule has 2 fully saturated rings. The summed E-state index contributed by atoms with van der Waals surface area (Å²) in [6.07, 6.45) is 12.9. The van der Waals surface area contributed by atoms with Crippen molar-refractivity contribution in [3.05, 3.63) is 0 Å². The van der Waals surface area contributed by atoms with E-state index in [-0.39, 0.29) is 5.54 Å². The van der Waals surface area contributed by atoms with E-state index in [1.807, 2.05) is 0 Å². The molecule has 0 aromatic carbocycles. The second-order valence-corrected chi connectivity index (χ2v) is 7.44. The van der Waals surface area contributed by atoms with Crippen LogP contribution in [0, 0.1) is 5.41 Å². The van der Waals surface area contributed by atoms with Crippen LogP contribution in [0.5, 0.6) is 0 Å². The highest BCUT2D eigenvalue weighted by Gasteiger charge is 2.38. The Kier molecular flexibility index (Phi) is 4.71. The summed E-state index contributed by atoms with van der Waals surface area (Å²) in [6.45, 7) is 5.04. The monoisotopic (exact) mass is 253 g/mol. The molecule has 2 saturated carbocycles. The molecule has 2 heteroatoms. The summed E-state index contributed by atoms with van der Waals surface area (Å²) in [5.41, 5.74) is 0.508. The quantitative estimate of drug-likeness (QED) is 0.753. The summed E-state index contributed by atoms with van der Waals surface area (Å²) in [5.74, 6) is 0. The third-order valence-electron chi connectivity index (χ3n) is 5.23. The number of hydrogen-bond donors (Lipinski definition) is 2. The molecule has 0 saturated heterocycles. The maximum absolute atomic E-state index is 9.85. The van der Waals surface area contributed by atoms with Gasteiger partial charge in [-0.15, -0.1) is 0 Å². The second kappa shape index (κ2) is 5.92. The van der Waals surface area contributed by atoms with Crippen LogP contribution in [0.1, 0.15) is 78.1 Å². The lowest BCUT2D eigenvalue weighted by Crippen LogP contribution is -2.55. The second-order valence-electron chi connectivity index (χ2n) is 7.44. The van der Waals surface area contributed by atoms with Gasteiger partial charge in [-0.2, -0.15) is 0 Å². The first kappa shape index (κ1) is 14.3. The van der Waals surface area contributed by atoms with Crippen molar-refractivity contribution in [3.8, 4) is 0 Å². The molecule has 0 amide bonds. The van der Waals surface area contributed by atoms with Crippen molar-refractivity contribution in [2.24, 2.45) is 5.41 Å². The number of nitrogens with one attached hydrogen (secondary N) is 1. The van der Waals surface area contributed by atoms with Gasteiger partial charge in [-0.1, -0.05) is 39.5 Å². The average molecular weight is 253 g/mol. The average Bonchev–Trinajstić information content (AvgIpc) is 2.61. The molecule has 0 bridgehead atoms. The first-order valence-corrected chi connectivity index (χ1v) is 7.94. The van der Waals surface area contributed by atoms with Gasteiger partial charge in [0, 0.05) is 11.6 Å². The number of aliphatic hydroxyl groups is 1. The van der Waals surface area contributed by atoms with E-state index in [0.29, 0.717) is 18.1 Å². The van der Waals surface area contributed by atoms with Gasteiger partial charge < -0.3 is 10.4 Å². The van der Waals surface area contributed by atoms with Crippen LogP contribution in [0.15, 0.2) is 0 Å². The summed E-state index contributed by atoms with van der Waals surface area (Å²) in [7, 11) is 0. The highest BCUT2D eigenvalue weighted by molar-refractivity contribution is 4.97. The number of hydrogen-bond acceptors (Lipinski definition) is 2. The molecule has 2 N–H and O–H groups in total. The van der Waals surface area contributed by atoms with Crippen molar-refractivity contribution in [1.29, 1.82) is 0 Å². The van der Waals surface area contributed by atoms with E-state index in [1.165, 1.54) is 51.4 Å². The molecule has 2 aliphatic carbocycles. The van der Waals surface area contributed by atoms with E-state index in [4.69, 9.17) is 0 Å². The Labute approximate surface area is 113 Å². The molecule has 0 heterocycles. The third-order valence-corrected chi connectivity index (χ3v) is 5.23. The van der Waals surface area contributed by atoms with Gasteiger partial charge in [-0.3, -0.25) is 0 Å². The minimum Gasteiger partial charge on any atom is -0.394 e. The molecule has 0 aliphatic heterocycles. The molecule has 2 rings (SSSR count). The zero-order chi connectivity index (χ0) is 13.1. The highest BCUT2D eigenvalue weighted by atomic mass is 16.3. The Bertz CT molecular complexity index is 244. The molecule has 0 aromatic heterocycles. The normalized spacial score (nSPS) is 28.8. The van der Waals surface area contributed by atoms with Gasteiger partial charge in [0.1, 0.15) is 0 Å². The Hall–Kier alpha value is -0.0800. The van der Waals surface area contributed by atoms with Crippen molar-refractivity contribution < 1.29 is 5.11 Å². The summed E-state index contributed by atoms with van der Waals surface area (Å²) in [4.78, 5) is 0. The van der Waals surface area contributed by atoms with Crippen LogP contribution in [0.3, 0.4) is 0 Å². The van der Waals surface area contributed by atoms with Crippen LogP contribution < -0.4 is 5.32 Å². The first-order chi connectivity index (χ1) is 8.55. The fourth-order valence-electron chi connectivity index (χ4n) is 3.61. The molecule has 2 nitrogen and oxygen atoms in total. The molecule has 106 valence electrons. The molecule has 0 radical (unpaired) electrons. The van der Waals surface area contributed by atoms with Crippen molar-refractivity contribution in [2.45, 2.75) is 89.6 Å². The van der Waals surface area contributed by atoms with Crippen molar-refractivity contribution in [2.75, 3.05) is 6.61 Å². The van der Waals surface area contributed by atoms with Gasteiger partial charge in [0.15, 0.2) is 0 Å². The van der Waals surface area contributed by atoms with E-state index in [0.717, 1.165) is 12.8 Å². The van der Waals surface area contributed by atoms with Gasteiger partial charge in [-0.05, 0) is 43.9 Å². The molecular formula is C16H31NO. The molecular weight excluding hydrogens is 222 g/mol. The largest absolute Gasteiger partial charge is 0.394 e. The zero-order valence-electron chi connectivity index (χ0n) is 12.3. The number of rotatable bonds is 3. The Morgan fingerprint density at radius 1 is 0.944 bits per heavy atom. The summed E-state index contributed by atoms with van der Waals surface area (Å²) < 4.78 is 0. The topological polar surface area (TPSA) is 32.3 Å². The van der Waals surface area contributed by atoms with Crippen LogP contribution in [0.25, 0.3) is 0 Å². The van der Waals surface area contributed by atoms with Crippen LogP contribution >= 0.6 is 0 Å². The van der Waals surface area contributed by atoms with E-state index < -0.39 is 0 Å². The SMILES string of the molecule is CC1(C)CCC(CO)(NC2CCCCCC2)CC1. The summed E-state index contributed by atoms with van der Waals surface area (Å²) in [6, 6.07) is 0.654. The molecule has 18 heavy (non-hydrogen) atoms. The lowest BCUT2D eigenvalue weighted by Gasteiger charge is -2.45. The maximum atomic E-state index is 9.85. The van der Waals surface area contributed by atoms with Crippen LogP contribution in [0.4, 0.5) is 0 Å². The van der Waals surface area contributed by atoms with Gasteiger partial charge in [0.25, 0.3) is 0 Å². The Morgan fingerprint density at radius 2 is 1.50 bits per heavy atom. The fraction of sp³-hybridized carbons (Fsp3) is 1.00. The molecule has 2 aliphatic rings. The minimum absolute atomic E-state index is 0.0323. The summed E-state index contributed by atoms with van der Waals surface area (Å²) >= 11 is 0. The van der Waals surface area contributed by atoms with Crippen molar-refractivity contribution in [1.82, 2.24) is 5.32 Å². The lowest BCUT2D eigenvalue weighted by molar-refractivity contribution is 0.0649. The Morgan fingerprint density at radius 3 is 2.00 bits per heavy atom. The van der Waals surface area contributed by atoms with Gasteiger partial charge in [0.2, 0.25) is 0 Å². The van der Waals surface area contributed by atoms with Crippen LogP contribution in [-0.4, -0.2) is 23.3 Å². The fourth-order valence-corrected chi connectivity index (χ4v) is 3.61. The van der Waals surface area contributed by atoms with E-state index >= 15 is 0 Å². The molecule has 0 spiro atoms. The Balaban J connectivity index is 1.91. The van der Waals surface area contributed by atoms with E-state index in [2.05, 4.69) is 19.2 Å².